The molecule has 1 aliphatic heterocycles. The van der Waals surface area contributed by atoms with E-state index in [1.165, 1.54) is 5.56 Å². The third-order valence-corrected chi connectivity index (χ3v) is 4.63. The normalized spacial score (nSPS) is 22.2. The van der Waals surface area contributed by atoms with Gasteiger partial charge in [-0.15, -0.1) is 10.2 Å². The van der Waals surface area contributed by atoms with Crippen molar-refractivity contribution < 1.29 is 4.74 Å². The molecule has 2 atom stereocenters. The van der Waals surface area contributed by atoms with Gasteiger partial charge in [-0.25, -0.2) is 0 Å². The van der Waals surface area contributed by atoms with Crippen molar-refractivity contribution in [2.24, 2.45) is 7.05 Å². The highest BCUT2D eigenvalue weighted by Gasteiger charge is 2.35. The number of aromatic amines is 1. The average Bonchev–Trinajstić information content (AvgIpc) is 3.26. The number of benzene rings is 1. The minimum Gasteiger partial charge on any atom is -0.380 e. The van der Waals surface area contributed by atoms with Crippen LogP contribution in [0.4, 0.5) is 0 Å². The lowest BCUT2D eigenvalue weighted by molar-refractivity contribution is 0.107. The number of nitrogens with zero attached hydrogens (tertiary/aromatic N) is 5. The maximum atomic E-state index is 5.59. The summed E-state index contributed by atoms with van der Waals surface area (Å²) in [5, 5.41) is 16.6. The molecular formula is C16H20N6O. The molecule has 120 valence electrons. The number of hydrogen-bond acceptors (Lipinski definition) is 5. The van der Waals surface area contributed by atoms with Gasteiger partial charge in [0.25, 0.3) is 0 Å². The molecule has 0 amide bonds. The standard InChI is InChI=1S/C16H20N6O/c1-21-10-18-20-16(21)15-6-13(23-2)9-22(15)8-11-3-4-12-7-17-19-14(12)5-11/h3-5,7,10,13,15H,6,8-9H2,1-2H3,(H,17,19)/t13-,15+/m1/s1. The van der Waals surface area contributed by atoms with E-state index >= 15 is 0 Å². The Kier molecular flexibility index (Phi) is 3.59. The van der Waals surface area contributed by atoms with Crippen LogP contribution in [-0.2, 0) is 18.3 Å². The van der Waals surface area contributed by atoms with Gasteiger partial charge in [-0.05, 0) is 18.1 Å². The van der Waals surface area contributed by atoms with Gasteiger partial charge in [-0.3, -0.25) is 10.00 Å². The topological polar surface area (TPSA) is 71.9 Å². The summed E-state index contributed by atoms with van der Waals surface area (Å²) in [5.74, 6) is 0.993. The Morgan fingerprint density at radius 2 is 2.30 bits per heavy atom. The van der Waals surface area contributed by atoms with E-state index in [1.54, 1.807) is 13.4 Å². The molecule has 23 heavy (non-hydrogen) atoms. The van der Waals surface area contributed by atoms with Gasteiger partial charge in [0.2, 0.25) is 0 Å². The highest BCUT2D eigenvalue weighted by Crippen LogP contribution is 2.33. The summed E-state index contributed by atoms with van der Waals surface area (Å²) in [5.41, 5.74) is 2.32. The zero-order valence-electron chi connectivity index (χ0n) is 13.3. The van der Waals surface area contributed by atoms with Gasteiger partial charge in [-0.1, -0.05) is 12.1 Å². The molecule has 1 aromatic carbocycles. The molecule has 0 unspecified atom stereocenters. The summed E-state index contributed by atoms with van der Waals surface area (Å²) < 4.78 is 7.58. The molecule has 7 heteroatoms. The maximum Gasteiger partial charge on any atom is 0.150 e. The molecule has 2 aromatic heterocycles. The van der Waals surface area contributed by atoms with Crippen LogP contribution >= 0.6 is 0 Å². The lowest BCUT2D eigenvalue weighted by Crippen LogP contribution is -2.26. The van der Waals surface area contributed by atoms with Gasteiger partial charge in [0.15, 0.2) is 0 Å². The second kappa shape index (κ2) is 5.75. The van der Waals surface area contributed by atoms with Gasteiger partial charge in [-0.2, -0.15) is 5.10 Å². The minimum absolute atomic E-state index is 0.227. The van der Waals surface area contributed by atoms with E-state index in [9.17, 15) is 0 Å². The van der Waals surface area contributed by atoms with Crippen molar-refractivity contribution in [2.75, 3.05) is 13.7 Å². The second-order valence-corrected chi connectivity index (χ2v) is 6.13. The monoisotopic (exact) mass is 312 g/mol. The van der Waals surface area contributed by atoms with E-state index in [-0.39, 0.29) is 12.1 Å². The Bertz CT molecular complexity index is 810. The van der Waals surface area contributed by atoms with Crippen LogP contribution in [0, 0.1) is 0 Å². The van der Waals surface area contributed by atoms with E-state index in [0.29, 0.717) is 0 Å². The third kappa shape index (κ3) is 2.62. The number of fused-ring (bicyclic) bond motifs is 1. The number of ether oxygens (including phenoxy) is 1. The van der Waals surface area contributed by atoms with Crippen LogP contribution < -0.4 is 0 Å². The van der Waals surface area contributed by atoms with E-state index in [0.717, 1.165) is 36.2 Å². The third-order valence-electron chi connectivity index (χ3n) is 4.63. The van der Waals surface area contributed by atoms with E-state index in [1.807, 2.05) is 17.8 Å². The van der Waals surface area contributed by atoms with Crippen LogP contribution in [0.3, 0.4) is 0 Å². The van der Waals surface area contributed by atoms with Crippen LogP contribution in [-0.4, -0.2) is 49.6 Å². The lowest BCUT2D eigenvalue weighted by Gasteiger charge is -2.23. The molecule has 3 heterocycles. The van der Waals surface area contributed by atoms with E-state index in [4.69, 9.17) is 4.74 Å². The van der Waals surface area contributed by atoms with Gasteiger partial charge in [0.05, 0.1) is 23.9 Å². The number of hydrogen-bond donors (Lipinski definition) is 1. The quantitative estimate of drug-likeness (QED) is 0.793. The van der Waals surface area contributed by atoms with Crippen molar-refractivity contribution in [3.63, 3.8) is 0 Å². The number of rotatable bonds is 4. The van der Waals surface area contributed by atoms with Gasteiger partial charge < -0.3 is 9.30 Å². The number of nitrogens with one attached hydrogen (secondary N) is 1. The van der Waals surface area contributed by atoms with Gasteiger partial charge >= 0.3 is 0 Å². The molecule has 7 nitrogen and oxygen atoms in total. The molecule has 4 rings (SSSR count). The number of H-pyrrole nitrogens is 1. The number of aryl methyl sites for hydroxylation is 1. The number of methoxy groups -OCH3 is 1. The Morgan fingerprint density at radius 1 is 1.39 bits per heavy atom. The van der Waals surface area contributed by atoms with Crippen LogP contribution in [0.1, 0.15) is 23.9 Å². The fourth-order valence-corrected chi connectivity index (χ4v) is 3.39. The lowest BCUT2D eigenvalue weighted by atomic mass is 10.1. The van der Waals surface area contributed by atoms with E-state index in [2.05, 4.69) is 43.5 Å². The van der Waals surface area contributed by atoms with Crippen molar-refractivity contribution in [2.45, 2.75) is 25.1 Å². The molecule has 0 aliphatic carbocycles. The predicted octanol–water partition coefficient (Wildman–Crippen LogP) is 1.65. The first kappa shape index (κ1) is 14.3. The smallest absolute Gasteiger partial charge is 0.150 e. The number of likely N-dealkylation sites (tertiary alicyclic amines) is 1. The largest absolute Gasteiger partial charge is 0.380 e. The van der Waals surface area contributed by atoms with Crippen molar-refractivity contribution in [1.29, 1.82) is 0 Å². The molecule has 1 fully saturated rings. The Labute approximate surface area is 134 Å². The SMILES string of the molecule is CO[C@@H]1C[C@@H](c2nncn2C)N(Cc2ccc3cn[nH]c3c2)C1. The Morgan fingerprint density at radius 3 is 3.09 bits per heavy atom. The second-order valence-electron chi connectivity index (χ2n) is 6.13. The molecule has 1 N–H and O–H groups in total. The van der Waals surface area contributed by atoms with Crippen LogP contribution in [0.2, 0.25) is 0 Å². The first-order chi connectivity index (χ1) is 11.2. The van der Waals surface area contributed by atoms with Gasteiger partial charge in [0.1, 0.15) is 12.2 Å². The minimum atomic E-state index is 0.227. The van der Waals surface area contributed by atoms with E-state index < -0.39 is 0 Å². The van der Waals surface area contributed by atoms with Crippen molar-refractivity contribution in [1.82, 2.24) is 29.9 Å². The zero-order chi connectivity index (χ0) is 15.8. The Hall–Kier alpha value is -2.25. The molecule has 0 saturated carbocycles. The van der Waals surface area contributed by atoms with Crippen LogP contribution in [0.5, 0.6) is 0 Å². The highest BCUT2D eigenvalue weighted by molar-refractivity contribution is 5.78. The summed E-state index contributed by atoms with van der Waals surface area (Å²) in [4.78, 5) is 2.41. The van der Waals surface area contributed by atoms with Crippen molar-refractivity contribution in [3.05, 3.63) is 42.1 Å². The Balaban J connectivity index is 1.61. The molecule has 1 aliphatic rings. The summed E-state index contributed by atoms with van der Waals surface area (Å²) in [7, 11) is 3.77. The van der Waals surface area contributed by atoms with Crippen LogP contribution in [0.15, 0.2) is 30.7 Å². The molecule has 0 radical (unpaired) electrons. The van der Waals surface area contributed by atoms with Gasteiger partial charge in [0, 0.05) is 32.6 Å². The number of aromatic nitrogens is 5. The summed E-state index contributed by atoms with van der Waals surface area (Å²) in [6, 6.07) is 6.65. The predicted molar refractivity (Wildman–Crippen MR) is 85.7 cm³/mol. The van der Waals surface area contributed by atoms with Crippen molar-refractivity contribution >= 4 is 10.9 Å². The molecule has 0 spiro atoms. The first-order valence-corrected chi connectivity index (χ1v) is 7.77. The first-order valence-electron chi connectivity index (χ1n) is 7.77. The fourth-order valence-electron chi connectivity index (χ4n) is 3.39. The maximum absolute atomic E-state index is 5.59. The van der Waals surface area contributed by atoms with Crippen molar-refractivity contribution in [3.8, 4) is 0 Å². The average molecular weight is 312 g/mol. The summed E-state index contributed by atoms with van der Waals surface area (Å²) in [6.07, 6.45) is 4.77. The molecular weight excluding hydrogens is 292 g/mol. The highest BCUT2D eigenvalue weighted by atomic mass is 16.5. The van der Waals surface area contributed by atoms with Crippen LogP contribution in [0.25, 0.3) is 10.9 Å². The summed E-state index contributed by atoms with van der Waals surface area (Å²) >= 11 is 0. The molecule has 1 saturated heterocycles. The summed E-state index contributed by atoms with van der Waals surface area (Å²) in [6.45, 7) is 1.75. The fraction of sp³-hybridized carbons (Fsp3) is 0.438. The zero-order valence-corrected chi connectivity index (χ0v) is 13.3. The molecule has 0 bridgehead atoms. The molecule has 3 aromatic rings.